The van der Waals surface area contributed by atoms with Crippen molar-refractivity contribution in [2.75, 3.05) is 23.3 Å². The monoisotopic (exact) mass is 514 g/mol. The molecule has 1 aromatic carbocycles. The first kappa shape index (κ1) is 24.0. The van der Waals surface area contributed by atoms with Crippen molar-refractivity contribution in [2.24, 2.45) is 7.05 Å². The van der Waals surface area contributed by atoms with Crippen LogP contribution < -0.4 is 15.0 Å². The average Bonchev–Trinajstić information content (AvgIpc) is 3.34. The predicted octanol–water partition coefficient (Wildman–Crippen LogP) is 4.26. The minimum absolute atomic E-state index is 0.226. The first-order chi connectivity index (χ1) is 16.9. The third kappa shape index (κ3) is 4.71. The highest BCUT2D eigenvalue weighted by Crippen LogP contribution is 2.45. The lowest BCUT2D eigenvalue weighted by atomic mass is 9.88. The minimum Gasteiger partial charge on any atom is -0.487 e. The van der Waals surface area contributed by atoms with Gasteiger partial charge in [-0.2, -0.15) is 23.4 Å². The molecule has 36 heavy (non-hydrogen) atoms. The molecule has 5 rings (SSSR count). The molecule has 0 bridgehead atoms. The number of rotatable bonds is 6. The Morgan fingerprint density at radius 3 is 2.53 bits per heavy atom. The van der Waals surface area contributed by atoms with Gasteiger partial charge in [0.2, 0.25) is 0 Å². The van der Waals surface area contributed by atoms with E-state index >= 15 is 0 Å². The lowest BCUT2D eigenvalue weighted by Crippen LogP contribution is -2.55. The van der Waals surface area contributed by atoms with Gasteiger partial charge >= 0.3 is 6.18 Å². The van der Waals surface area contributed by atoms with E-state index in [-0.39, 0.29) is 37.2 Å². The molecule has 8 nitrogen and oxygen atoms in total. The second kappa shape index (κ2) is 8.45. The molecule has 2 fully saturated rings. The summed E-state index contributed by atoms with van der Waals surface area (Å²) in [7, 11) is 1.62. The van der Waals surface area contributed by atoms with E-state index in [1.54, 1.807) is 11.9 Å². The van der Waals surface area contributed by atoms with E-state index in [1.807, 2.05) is 0 Å². The van der Waals surface area contributed by atoms with Crippen LogP contribution in [-0.4, -0.2) is 50.6 Å². The summed E-state index contributed by atoms with van der Waals surface area (Å²) in [6.07, 6.45) is -1.64. The molecule has 192 valence electrons. The molecule has 1 saturated heterocycles. The quantitative estimate of drug-likeness (QED) is 0.498. The van der Waals surface area contributed by atoms with Crippen LogP contribution in [-0.2, 0) is 13.2 Å². The molecule has 1 saturated carbocycles. The molecule has 0 atom stereocenters. The third-order valence-corrected chi connectivity index (χ3v) is 6.10. The number of carbonyl (C=O) groups excluding carboxylic acids is 1. The second-order valence-corrected chi connectivity index (χ2v) is 8.90. The number of hydrogen-bond donors (Lipinski definition) is 1. The second-order valence-electron chi connectivity index (χ2n) is 8.90. The van der Waals surface area contributed by atoms with Crippen molar-refractivity contribution in [3.05, 3.63) is 53.7 Å². The van der Waals surface area contributed by atoms with E-state index in [0.717, 1.165) is 12.1 Å². The van der Waals surface area contributed by atoms with Gasteiger partial charge in [0.05, 0.1) is 42.8 Å². The summed E-state index contributed by atoms with van der Waals surface area (Å²) in [6.45, 7) is 0.455. The number of ether oxygens (including phenoxy) is 1. The Morgan fingerprint density at radius 2 is 1.86 bits per heavy atom. The fourth-order valence-electron chi connectivity index (χ4n) is 4.26. The first-order valence-electron chi connectivity index (χ1n) is 10.9. The van der Waals surface area contributed by atoms with Gasteiger partial charge in [-0.1, -0.05) is 0 Å². The Hall–Kier alpha value is -3.71. The Morgan fingerprint density at radius 1 is 1.14 bits per heavy atom. The lowest BCUT2D eigenvalue weighted by Gasteiger charge is -2.40. The number of aryl methyl sites for hydroxylation is 1. The fourth-order valence-corrected chi connectivity index (χ4v) is 4.26. The van der Waals surface area contributed by atoms with E-state index in [9.17, 15) is 31.1 Å². The van der Waals surface area contributed by atoms with Crippen LogP contribution in [0.3, 0.4) is 0 Å². The number of nitrogens with zero attached hydrogens (tertiary/aromatic N) is 5. The van der Waals surface area contributed by atoms with Gasteiger partial charge in [0.15, 0.2) is 0 Å². The molecule has 1 N–H and O–H groups in total. The fraction of sp³-hybridized carbons (Fsp3) is 0.409. The van der Waals surface area contributed by atoms with E-state index in [4.69, 9.17) is 4.74 Å². The van der Waals surface area contributed by atoms with Gasteiger partial charge in [0, 0.05) is 32.2 Å². The molecular weight excluding hydrogens is 494 g/mol. The highest BCUT2D eigenvalue weighted by atomic mass is 19.4. The van der Waals surface area contributed by atoms with Crippen LogP contribution in [0.2, 0.25) is 0 Å². The van der Waals surface area contributed by atoms with Gasteiger partial charge in [-0.15, -0.1) is 0 Å². The van der Waals surface area contributed by atoms with E-state index in [2.05, 4.69) is 15.5 Å². The average molecular weight is 514 g/mol. The van der Waals surface area contributed by atoms with Crippen LogP contribution in [0, 0.1) is 5.82 Å². The molecule has 2 aliphatic rings. The van der Waals surface area contributed by atoms with Crippen molar-refractivity contribution in [1.29, 1.82) is 0 Å². The number of amides is 1. The normalized spacial score (nSPS) is 18.0. The number of benzene rings is 1. The summed E-state index contributed by atoms with van der Waals surface area (Å²) in [5.41, 5.74) is -0.584. The molecule has 1 aliphatic heterocycles. The summed E-state index contributed by atoms with van der Waals surface area (Å²) in [5, 5.41) is 10.8. The Bertz CT molecular complexity index is 1290. The maximum atomic E-state index is 13.6. The van der Waals surface area contributed by atoms with Gasteiger partial charge in [0.1, 0.15) is 29.1 Å². The van der Waals surface area contributed by atoms with Crippen LogP contribution in [0.1, 0.15) is 34.8 Å². The molecule has 14 heteroatoms. The van der Waals surface area contributed by atoms with Gasteiger partial charge < -0.3 is 15.0 Å². The molecule has 0 unspecified atom stereocenters. The van der Waals surface area contributed by atoms with Crippen LogP contribution >= 0.6 is 0 Å². The SMILES string of the molecule is Cn1ncc(C(=O)Nc2cnn(C3CC(F)(F)C3)c2)c1N1CC(Oc2cc(F)cc(C(F)(F)F)c2)C1. The van der Waals surface area contributed by atoms with Gasteiger partial charge in [-0.25, -0.2) is 13.2 Å². The number of nitrogens with one attached hydrogen (secondary N) is 1. The molecule has 3 heterocycles. The molecule has 0 radical (unpaired) electrons. The smallest absolute Gasteiger partial charge is 0.416 e. The number of alkyl halides is 5. The van der Waals surface area contributed by atoms with Gasteiger partial charge in [-0.05, 0) is 12.1 Å². The maximum absolute atomic E-state index is 13.6. The summed E-state index contributed by atoms with van der Waals surface area (Å²) in [5.74, 6) is -4.04. The standard InChI is InChI=1S/C22H20F6N6O2/c1-32-20(33-10-17(11-33)36-16-3-12(22(26,27)28)2-13(23)4-16)18(8-29-32)19(35)31-14-7-30-34(9-14)15-5-21(24,25)6-15/h2-4,7-9,15,17H,5-6,10-11H2,1H3,(H,31,35). The largest absolute Gasteiger partial charge is 0.487 e. The number of aromatic nitrogens is 4. The lowest BCUT2D eigenvalue weighted by molar-refractivity contribution is -0.138. The topological polar surface area (TPSA) is 77.2 Å². The molecular formula is C22H20F6N6O2. The number of carbonyl (C=O) groups is 1. The summed E-state index contributed by atoms with van der Waals surface area (Å²) in [6, 6.07) is 1.58. The van der Waals surface area contributed by atoms with Crippen molar-refractivity contribution >= 4 is 17.4 Å². The van der Waals surface area contributed by atoms with Crippen LogP contribution in [0.25, 0.3) is 0 Å². The van der Waals surface area contributed by atoms with E-state index in [0.29, 0.717) is 17.6 Å². The summed E-state index contributed by atoms with van der Waals surface area (Å²) >= 11 is 0. The van der Waals surface area contributed by atoms with E-state index in [1.165, 1.54) is 28.0 Å². The van der Waals surface area contributed by atoms with Crippen molar-refractivity contribution in [3.63, 3.8) is 0 Å². The molecule has 1 amide bonds. The highest BCUT2D eigenvalue weighted by Gasteiger charge is 2.46. The van der Waals surface area contributed by atoms with Crippen molar-refractivity contribution in [3.8, 4) is 5.75 Å². The highest BCUT2D eigenvalue weighted by molar-refractivity contribution is 6.07. The van der Waals surface area contributed by atoms with Crippen LogP contribution in [0.4, 0.5) is 37.8 Å². The number of halogens is 6. The van der Waals surface area contributed by atoms with Crippen LogP contribution in [0.5, 0.6) is 5.75 Å². The Kier molecular flexibility index (Phi) is 5.63. The zero-order valence-electron chi connectivity index (χ0n) is 18.8. The minimum atomic E-state index is -4.71. The molecule has 2 aromatic heterocycles. The molecule has 0 spiro atoms. The van der Waals surface area contributed by atoms with Crippen molar-refractivity contribution < 1.29 is 35.9 Å². The van der Waals surface area contributed by atoms with Crippen molar-refractivity contribution in [2.45, 2.75) is 37.1 Å². The van der Waals surface area contributed by atoms with Crippen LogP contribution in [0.15, 0.2) is 36.8 Å². The van der Waals surface area contributed by atoms with Gasteiger partial charge in [-0.3, -0.25) is 14.2 Å². The Balaban J connectivity index is 1.22. The third-order valence-electron chi connectivity index (χ3n) is 6.10. The predicted molar refractivity (Wildman–Crippen MR) is 115 cm³/mol. The number of hydrogen-bond acceptors (Lipinski definition) is 5. The first-order valence-corrected chi connectivity index (χ1v) is 10.9. The van der Waals surface area contributed by atoms with Crippen molar-refractivity contribution in [1.82, 2.24) is 19.6 Å². The number of anilines is 2. The molecule has 3 aromatic rings. The molecule has 1 aliphatic carbocycles. The summed E-state index contributed by atoms with van der Waals surface area (Å²) in [4.78, 5) is 14.6. The maximum Gasteiger partial charge on any atom is 0.416 e. The Labute approximate surface area is 200 Å². The van der Waals surface area contributed by atoms with Gasteiger partial charge in [0.25, 0.3) is 11.8 Å². The zero-order chi connectivity index (χ0) is 25.8. The van der Waals surface area contributed by atoms with E-state index < -0.39 is 41.5 Å². The zero-order valence-corrected chi connectivity index (χ0v) is 18.8. The summed E-state index contributed by atoms with van der Waals surface area (Å²) < 4.78 is 87.0.